The first-order valence-electron chi connectivity index (χ1n) is 6.62. The molecular formula is C14H22N4O. The fourth-order valence-electron chi connectivity index (χ4n) is 2.52. The van der Waals surface area contributed by atoms with Crippen LogP contribution in [0.2, 0.25) is 0 Å². The zero-order valence-corrected chi connectivity index (χ0v) is 11.8. The molecule has 1 aliphatic heterocycles. The van der Waals surface area contributed by atoms with Crippen molar-refractivity contribution in [2.24, 2.45) is 11.7 Å². The lowest BCUT2D eigenvalue weighted by atomic mass is 9.96. The molecule has 0 aromatic carbocycles. The van der Waals surface area contributed by atoms with Crippen LogP contribution in [-0.4, -0.2) is 37.1 Å². The molecule has 0 radical (unpaired) electrons. The van der Waals surface area contributed by atoms with Crippen molar-refractivity contribution in [2.75, 3.05) is 25.1 Å². The van der Waals surface area contributed by atoms with Crippen molar-refractivity contribution in [3.8, 4) is 0 Å². The van der Waals surface area contributed by atoms with Crippen LogP contribution in [0.25, 0.3) is 0 Å². The first-order valence-corrected chi connectivity index (χ1v) is 6.62. The predicted molar refractivity (Wildman–Crippen MR) is 76.8 cm³/mol. The normalized spacial score (nSPS) is 23.4. The third-order valence-electron chi connectivity index (χ3n) is 3.77. The van der Waals surface area contributed by atoms with E-state index in [0.717, 1.165) is 36.6 Å². The van der Waals surface area contributed by atoms with Crippen LogP contribution in [-0.2, 0) is 4.74 Å². The molecule has 2 heterocycles. The number of rotatable bonds is 3. The van der Waals surface area contributed by atoms with Gasteiger partial charge in [-0.15, -0.1) is 0 Å². The van der Waals surface area contributed by atoms with Crippen LogP contribution in [0.1, 0.15) is 24.6 Å². The van der Waals surface area contributed by atoms with Gasteiger partial charge in [0, 0.05) is 31.5 Å². The quantitative estimate of drug-likeness (QED) is 0.640. The summed E-state index contributed by atoms with van der Waals surface area (Å²) >= 11 is 0. The smallest absolute Gasteiger partial charge is 0.129 e. The lowest BCUT2D eigenvalue weighted by molar-refractivity contribution is 0.0496. The molecule has 1 aliphatic rings. The SMILES string of the molecule is COC1CN(c2cc(C(=N)N)cc(C)n2)CCC1C. The fraction of sp³-hybridized carbons (Fsp3) is 0.571. The molecule has 19 heavy (non-hydrogen) atoms. The molecule has 5 nitrogen and oxygen atoms in total. The van der Waals surface area contributed by atoms with Crippen molar-refractivity contribution in [1.82, 2.24) is 4.98 Å². The average molecular weight is 262 g/mol. The molecule has 0 bridgehead atoms. The summed E-state index contributed by atoms with van der Waals surface area (Å²) in [5, 5.41) is 7.56. The molecule has 5 heteroatoms. The molecule has 1 aromatic heterocycles. The first-order chi connectivity index (χ1) is 9.01. The Morgan fingerprint density at radius 1 is 1.53 bits per heavy atom. The van der Waals surface area contributed by atoms with Crippen LogP contribution in [0.15, 0.2) is 12.1 Å². The number of nitrogens with one attached hydrogen (secondary N) is 1. The van der Waals surface area contributed by atoms with Crippen molar-refractivity contribution in [3.63, 3.8) is 0 Å². The molecule has 0 aliphatic carbocycles. The Bertz CT molecular complexity index is 475. The summed E-state index contributed by atoms with van der Waals surface area (Å²) in [4.78, 5) is 6.77. The highest BCUT2D eigenvalue weighted by molar-refractivity contribution is 5.95. The molecule has 1 fully saturated rings. The molecule has 3 N–H and O–H groups in total. The van der Waals surface area contributed by atoms with Crippen LogP contribution >= 0.6 is 0 Å². The third kappa shape index (κ3) is 3.04. The summed E-state index contributed by atoms with van der Waals surface area (Å²) in [6.45, 7) is 5.95. The van der Waals surface area contributed by atoms with Gasteiger partial charge in [-0.2, -0.15) is 0 Å². The number of anilines is 1. The van der Waals surface area contributed by atoms with E-state index in [1.807, 2.05) is 19.1 Å². The second-order valence-electron chi connectivity index (χ2n) is 5.26. The highest BCUT2D eigenvalue weighted by atomic mass is 16.5. The summed E-state index contributed by atoms with van der Waals surface area (Å²) in [6, 6.07) is 3.73. The van der Waals surface area contributed by atoms with E-state index in [2.05, 4.69) is 16.8 Å². The van der Waals surface area contributed by atoms with E-state index in [9.17, 15) is 0 Å². The van der Waals surface area contributed by atoms with Gasteiger partial charge in [0.05, 0.1) is 6.10 Å². The van der Waals surface area contributed by atoms with Crippen LogP contribution in [0.4, 0.5) is 5.82 Å². The second kappa shape index (κ2) is 5.57. The number of hydrogen-bond acceptors (Lipinski definition) is 4. The van der Waals surface area contributed by atoms with Crippen molar-refractivity contribution in [1.29, 1.82) is 5.41 Å². The predicted octanol–water partition coefficient (Wildman–Crippen LogP) is 1.54. The summed E-state index contributed by atoms with van der Waals surface area (Å²) in [6.07, 6.45) is 1.32. The fourth-order valence-corrected chi connectivity index (χ4v) is 2.52. The van der Waals surface area contributed by atoms with E-state index in [-0.39, 0.29) is 11.9 Å². The summed E-state index contributed by atoms with van der Waals surface area (Å²) in [5.74, 6) is 1.54. The van der Waals surface area contributed by atoms with E-state index in [1.54, 1.807) is 7.11 Å². The standard InChI is InChI=1S/C14H22N4O/c1-9-4-5-18(8-12(9)19-3)13-7-11(14(15)16)6-10(2)17-13/h6-7,9,12H,4-5,8H2,1-3H3,(H3,15,16). The minimum atomic E-state index is 0.0837. The van der Waals surface area contributed by atoms with E-state index in [1.165, 1.54) is 0 Å². The van der Waals surface area contributed by atoms with Gasteiger partial charge in [-0.25, -0.2) is 4.98 Å². The number of pyridine rings is 1. The number of nitrogens with two attached hydrogens (primary N) is 1. The van der Waals surface area contributed by atoms with E-state index in [4.69, 9.17) is 15.9 Å². The Morgan fingerprint density at radius 3 is 2.89 bits per heavy atom. The maximum Gasteiger partial charge on any atom is 0.129 e. The Labute approximate surface area is 114 Å². The number of aryl methyl sites for hydroxylation is 1. The second-order valence-corrected chi connectivity index (χ2v) is 5.26. The van der Waals surface area contributed by atoms with Gasteiger partial charge >= 0.3 is 0 Å². The Balaban J connectivity index is 2.24. The summed E-state index contributed by atoms with van der Waals surface area (Å²) < 4.78 is 5.53. The molecule has 0 amide bonds. The zero-order valence-electron chi connectivity index (χ0n) is 11.8. The van der Waals surface area contributed by atoms with Gasteiger partial charge < -0.3 is 15.4 Å². The van der Waals surface area contributed by atoms with Crippen molar-refractivity contribution in [3.05, 3.63) is 23.4 Å². The van der Waals surface area contributed by atoms with Crippen molar-refractivity contribution < 1.29 is 4.74 Å². The Kier molecular flexibility index (Phi) is 4.04. The number of piperidine rings is 1. The molecule has 1 aromatic rings. The Hall–Kier alpha value is -1.62. The van der Waals surface area contributed by atoms with Gasteiger partial charge in [-0.05, 0) is 31.4 Å². The Morgan fingerprint density at radius 2 is 2.26 bits per heavy atom. The average Bonchev–Trinajstić information content (AvgIpc) is 2.38. The number of nitrogen functional groups attached to an aromatic ring is 1. The molecule has 0 saturated carbocycles. The van der Waals surface area contributed by atoms with Crippen molar-refractivity contribution in [2.45, 2.75) is 26.4 Å². The van der Waals surface area contributed by atoms with E-state index in [0.29, 0.717) is 5.92 Å². The van der Waals surface area contributed by atoms with Gasteiger partial charge in [0.2, 0.25) is 0 Å². The molecule has 0 spiro atoms. The molecule has 2 atom stereocenters. The molecule has 2 unspecified atom stereocenters. The minimum Gasteiger partial charge on any atom is -0.384 e. The monoisotopic (exact) mass is 262 g/mol. The lowest BCUT2D eigenvalue weighted by Crippen LogP contribution is -2.44. The first kappa shape index (κ1) is 13.8. The number of methoxy groups -OCH3 is 1. The topological polar surface area (TPSA) is 75.2 Å². The highest BCUT2D eigenvalue weighted by Crippen LogP contribution is 2.24. The number of aromatic nitrogens is 1. The van der Waals surface area contributed by atoms with Gasteiger partial charge in [0.1, 0.15) is 11.7 Å². The number of ether oxygens (including phenoxy) is 1. The van der Waals surface area contributed by atoms with Gasteiger partial charge in [0.25, 0.3) is 0 Å². The maximum atomic E-state index is 7.56. The largest absolute Gasteiger partial charge is 0.384 e. The van der Waals surface area contributed by atoms with Gasteiger partial charge in [-0.1, -0.05) is 6.92 Å². The molecule has 2 rings (SSSR count). The van der Waals surface area contributed by atoms with Crippen LogP contribution in [0.3, 0.4) is 0 Å². The van der Waals surface area contributed by atoms with Gasteiger partial charge in [-0.3, -0.25) is 5.41 Å². The number of hydrogen-bond donors (Lipinski definition) is 2. The highest BCUT2D eigenvalue weighted by Gasteiger charge is 2.27. The molecular weight excluding hydrogens is 240 g/mol. The molecule has 1 saturated heterocycles. The number of nitrogens with zero attached hydrogens (tertiary/aromatic N) is 2. The zero-order chi connectivity index (χ0) is 14.0. The summed E-state index contributed by atoms with van der Waals surface area (Å²) in [7, 11) is 1.76. The maximum absolute atomic E-state index is 7.56. The summed E-state index contributed by atoms with van der Waals surface area (Å²) in [5.41, 5.74) is 7.18. The van der Waals surface area contributed by atoms with E-state index < -0.39 is 0 Å². The van der Waals surface area contributed by atoms with Crippen LogP contribution in [0, 0.1) is 18.3 Å². The number of amidine groups is 1. The van der Waals surface area contributed by atoms with Gasteiger partial charge in [0.15, 0.2) is 0 Å². The van der Waals surface area contributed by atoms with Crippen LogP contribution in [0.5, 0.6) is 0 Å². The molecule has 104 valence electrons. The lowest BCUT2D eigenvalue weighted by Gasteiger charge is -2.37. The third-order valence-corrected chi connectivity index (χ3v) is 3.77. The van der Waals surface area contributed by atoms with E-state index >= 15 is 0 Å². The minimum absolute atomic E-state index is 0.0837. The van der Waals surface area contributed by atoms with Crippen LogP contribution < -0.4 is 10.6 Å². The van der Waals surface area contributed by atoms with Crippen molar-refractivity contribution >= 4 is 11.7 Å².